The van der Waals surface area contributed by atoms with Gasteiger partial charge in [-0.2, -0.15) is 0 Å². The first kappa shape index (κ1) is 40.1. The Labute approximate surface area is 319 Å². The summed E-state index contributed by atoms with van der Waals surface area (Å²) in [6, 6.07) is 11.5. The maximum atomic E-state index is 14.6. The van der Waals surface area contributed by atoms with E-state index in [0.717, 1.165) is 0 Å². The zero-order valence-corrected chi connectivity index (χ0v) is 32.0. The van der Waals surface area contributed by atoms with E-state index in [0.29, 0.717) is 28.2 Å². The van der Waals surface area contributed by atoms with Crippen molar-refractivity contribution in [1.82, 2.24) is 30.7 Å². The first-order chi connectivity index (χ1) is 26.1. The van der Waals surface area contributed by atoms with Gasteiger partial charge in [0.05, 0.1) is 7.11 Å². The van der Waals surface area contributed by atoms with Gasteiger partial charge in [-0.3, -0.25) is 28.8 Å². The van der Waals surface area contributed by atoms with Crippen LogP contribution in [-0.2, 0) is 48.0 Å². The van der Waals surface area contributed by atoms with E-state index in [1.807, 2.05) is 0 Å². The summed E-state index contributed by atoms with van der Waals surface area (Å²) in [5.74, 6) is -2.69. The van der Waals surface area contributed by atoms with Crippen molar-refractivity contribution in [3.8, 4) is 23.0 Å². The van der Waals surface area contributed by atoms with Crippen LogP contribution in [0.2, 0.25) is 0 Å². The molecule has 1 fully saturated rings. The zero-order valence-electron chi connectivity index (χ0n) is 32.0. The summed E-state index contributed by atoms with van der Waals surface area (Å²) < 4.78 is 11.2. The molecule has 3 aromatic rings. The molecule has 6 amide bonds. The van der Waals surface area contributed by atoms with Gasteiger partial charge in [-0.15, -0.1) is 0 Å². The predicted molar refractivity (Wildman–Crippen MR) is 201 cm³/mol. The van der Waals surface area contributed by atoms with E-state index in [4.69, 9.17) is 9.47 Å². The number of carbonyl (C=O) groups excluding carboxylic acids is 6. The van der Waals surface area contributed by atoms with Crippen molar-refractivity contribution in [2.75, 3.05) is 28.3 Å². The Morgan fingerprint density at radius 1 is 0.655 bits per heavy atom. The molecular weight excluding hydrogens is 708 g/mol. The Hall–Kier alpha value is -6.12. The third kappa shape index (κ3) is 9.16. The molecule has 15 nitrogen and oxygen atoms in total. The highest BCUT2D eigenvalue weighted by Gasteiger charge is 2.39. The third-order valence-corrected chi connectivity index (χ3v) is 10.2. The number of aromatic hydroxyl groups is 1. The summed E-state index contributed by atoms with van der Waals surface area (Å²) in [5.41, 5.74) is 1.90. The van der Waals surface area contributed by atoms with Crippen LogP contribution in [0, 0.1) is 0 Å². The second kappa shape index (κ2) is 16.9. The minimum atomic E-state index is -1.20. The highest BCUT2D eigenvalue weighted by atomic mass is 16.5. The van der Waals surface area contributed by atoms with E-state index >= 15 is 0 Å². The van der Waals surface area contributed by atoms with Crippen LogP contribution in [0.1, 0.15) is 37.5 Å². The maximum absolute atomic E-state index is 14.6. The summed E-state index contributed by atoms with van der Waals surface area (Å²) in [5, 5.41) is 18.6. The number of nitrogens with one attached hydrogen (secondary N) is 3. The van der Waals surface area contributed by atoms with Crippen LogP contribution in [0.15, 0.2) is 66.7 Å². The molecule has 3 aromatic carbocycles. The fraction of sp³-hybridized carbons (Fsp3) is 0.400. The van der Waals surface area contributed by atoms with Crippen LogP contribution in [0.5, 0.6) is 23.0 Å². The lowest BCUT2D eigenvalue weighted by Crippen LogP contribution is -2.61. The molecule has 55 heavy (non-hydrogen) atoms. The van der Waals surface area contributed by atoms with Crippen LogP contribution in [0.25, 0.3) is 0 Å². The average molecular weight is 757 g/mol. The minimum Gasteiger partial charge on any atom is -0.504 e. The Kier molecular flexibility index (Phi) is 12.3. The third-order valence-electron chi connectivity index (χ3n) is 10.2. The number of likely N-dealkylation sites (N-methyl/N-ethyl adjacent to an activating group) is 3. The summed E-state index contributed by atoms with van der Waals surface area (Å²) >= 11 is 0. The molecule has 4 N–H and O–H groups in total. The molecule has 0 unspecified atom stereocenters. The van der Waals surface area contributed by atoms with Crippen molar-refractivity contribution >= 4 is 35.4 Å². The van der Waals surface area contributed by atoms with Crippen molar-refractivity contribution < 1.29 is 43.3 Å². The molecule has 1 saturated heterocycles. The number of amides is 6. The van der Waals surface area contributed by atoms with Gasteiger partial charge in [0.15, 0.2) is 11.5 Å². The molecule has 0 spiro atoms. The van der Waals surface area contributed by atoms with Gasteiger partial charge in [-0.25, -0.2) is 0 Å². The lowest BCUT2D eigenvalue weighted by molar-refractivity contribution is -0.149. The van der Waals surface area contributed by atoms with E-state index in [2.05, 4.69) is 16.0 Å². The number of fused-ring (bicyclic) bond motifs is 2. The summed E-state index contributed by atoms with van der Waals surface area (Å²) in [7, 11) is 5.87. The van der Waals surface area contributed by atoms with Gasteiger partial charge in [0.25, 0.3) is 0 Å². The topological polar surface area (TPSA) is 187 Å². The van der Waals surface area contributed by atoms with E-state index in [1.54, 1.807) is 60.7 Å². The standard InChI is InChI=1S/C40H48N6O9/c1-22-35(48)42-23(2)38(51)44(4)30(18-25-8-13-28(54-7)14-9-25)37(50)43-24(3)39(52)46(6)32-19-26-10-15-29(16-11-26)55-34-21-27(12-17-33(34)47)20-31(36(49)41-22)45(5)40(32)53/h8-17,21-24,30-32,47H,18-20H2,1-7H3,(H,41,49)(H,42,48)(H,43,50)/t22-,23+,24+,30+,31-,32+/m0/s1. The molecule has 0 saturated carbocycles. The van der Waals surface area contributed by atoms with Gasteiger partial charge in [0.1, 0.15) is 47.8 Å². The zero-order chi connectivity index (χ0) is 40.1. The number of phenols is 1. The maximum Gasteiger partial charge on any atom is 0.246 e. The molecule has 3 heterocycles. The number of hydrogen-bond acceptors (Lipinski definition) is 9. The molecule has 15 heteroatoms. The summed E-state index contributed by atoms with van der Waals surface area (Å²) in [4.78, 5) is 87.8. The van der Waals surface area contributed by atoms with Gasteiger partial charge in [0.2, 0.25) is 35.4 Å². The average Bonchev–Trinajstić information content (AvgIpc) is 3.17. The van der Waals surface area contributed by atoms with Gasteiger partial charge in [-0.1, -0.05) is 30.3 Å². The van der Waals surface area contributed by atoms with Gasteiger partial charge in [0, 0.05) is 40.4 Å². The van der Waals surface area contributed by atoms with E-state index in [-0.39, 0.29) is 30.8 Å². The monoisotopic (exact) mass is 756 g/mol. The minimum absolute atomic E-state index is 0.0330. The van der Waals surface area contributed by atoms with Gasteiger partial charge < -0.3 is 45.2 Å². The Morgan fingerprint density at radius 2 is 1.20 bits per heavy atom. The molecule has 6 atom stereocenters. The van der Waals surface area contributed by atoms with Crippen molar-refractivity contribution in [2.24, 2.45) is 0 Å². The molecule has 0 radical (unpaired) electrons. The second-order valence-electron chi connectivity index (χ2n) is 14.1. The van der Waals surface area contributed by atoms with Crippen molar-refractivity contribution in [3.05, 3.63) is 83.4 Å². The quantitative estimate of drug-likeness (QED) is 0.308. The fourth-order valence-electron chi connectivity index (χ4n) is 6.67. The SMILES string of the molecule is COc1ccc(C[C@@H]2C(=O)N[C@H](C)C(=O)N(C)[C@@H]3Cc4ccc(cc4)Oc4cc(ccc4O)C[C@@H](C(=O)N[C@@H](C)C(=O)N[C@H](C)C(=O)N2C)N(C)C3=O)cc1. The van der Waals surface area contributed by atoms with Crippen LogP contribution in [0.4, 0.5) is 0 Å². The van der Waals surface area contributed by atoms with Crippen molar-refractivity contribution in [3.63, 3.8) is 0 Å². The highest BCUT2D eigenvalue weighted by molar-refractivity contribution is 5.98. The van der Waals surface area contributed by atoms with Crippen LogP contribution >= 0.6 is 0 Å². The van der Waals surface area contributed by atoms with Crippen LogP contribution in [0.3, 0.4) is 0 Å². The number of ether oxygens (including phenoxy) is 2. The second-order valence-corrected chi connectivity index (χ2v) is 14.1. The molecule has 3 aliphatic heterocycles. The molecule has 0 aromatic heterocycles. The number of carbonyl (C=O) groups is 6. The number of nitrogens with zero attached hydrogens (tertiary/aromatic N) is 3. The van der Waals surface area contributed by atoms with Crippen LogP contribution < -0.4 is 25.4 Å². The van der Waals surface area contributed by atoms with Gasteiger partial charge >= 0.3 is 0 Å². The molecular formula is C40H48N6O9. The lowest BCUT2D eigenvalue weighted by Gasteiger charge is -2.36. The van der Waals surface area contributed by atoms with E-state index in [9.17, 15) is 33.9 Å². The first-order valence-electron chi connectivity index (χ1n) is 18.0. The largest absolute Gasteiger partial charge is 0.504 e. The molecule has 3 aliphatic rings. The van der Waals surface area contributed by atoms with Crippen molar-refractivity contribution in [2.45, 2.75) is 76.3 Å². The predicted octanol–water partition coefficient (Wildman–Crippen LogP) is 1.54. The Balaban J connectivity index is 1.57. The van der Waals surface area contributed by atoms with E-state index in [1.165, 1.54) is 69.8 Å². The molecule has 0 aliphatic carbocycles. The lowest BCUT2D eigenvalue weighted by atomic mass is 9.98. The van der Waals surface area contributed by atoms with Gasteiger partial charge in [-0.05, 0) is 73.9 Å². The molecule has 292 valence electrons. The van der Waals surface area contributed by atoms with E-state index < -0.39 is 71.7 Å². The fourth-order valence-corrected chi connectivity index (χ4v) is 6.67. The summed E-state index contributed by atoms with van der Waals surface area (Å²) in [6.45, 7) is 4.41. The number of methoxy groups -OCH3 is 1. The summed E-state index contributed by atoms with van der Waals surface area (Å²) in [6.07, 6.45) is 0.0471. The smallest absolute Gasteiger partial charge is 0.246 e. The number of hydrogen-bond donors (Lipinski definition) is 4. The number of phenolic OH excluding ortho intramolecular Hbond substituents is 1. The van der Waals surface area contributed by atoms with Crippen LogP contribution in [-0.4, -0.2) is 120 Å². The number of benzene rings is 3. The molecule has 6 rings (SSSR count). The molecule has 6 bridgehead atoms. The normalized spacial score (nSPS) is 24.6. The number of rotatable bonds is 3. The first-order valence-corrected chi connectivity index (χ1v) is 18.0. The Morgan fingerprint density at radius 3 is 1.84 bits per heavy atom. The van der Waals surface area contributed by atoms with Crippen molar-refractivity contribution in [1.29, 1.82) is 0 Å². The Bertz CT molecular complexity index is 1940. The highest BCUT2D eigenvalue weighted by Crippen LogP contribution is 2.33.